The number of imidazole rings is 1. The number of benzene rings is 1. The van der Waals surface area contributed by atoms with Gasteiger partial charge in [-0.3, -0.25) is 4.98 Å². The van der Waals surface area contributed by atoms with Crippen LogP contribution in [0.1, 0.15) is 44.2 Å². The molecular weight excluding hydrogens is 382 g/mol. The highest BCUT2D eigenvalue weighted by Gasteiger charge is 2.29. The summed E-state index contributed by atoms with van der Waals surface area (Å²) < 4.78 is 8.38. The predicted octanol–water partition coefficient (Wildman–Crippen LogP) is 5.31. The summed E-state index contributed by atoms with van der Waals surface area (Å²) in [5.74, 6) is 1.000. The van der Waals surface area contributed by atoms with Gasteiger partial charge in [0.05, 0.1) is 47.2 Å². The van der Waals surface area contributed by atoms with Gasteiger partial charge in [0.2, 0.25) is 0 Å². The minimum atomic E-state index is 0.195. The molecule has 1 aliphatic heterocycles. The molecule has 0 aliphatic carbocycles. The van der Waals surface area contributed by atoms with Gasteiger partial charge in [0.15, 0.2) is 5.69 Å². The maximum atomic E-state index is 7.42. The van der Waals surface area contributed by atoms with Gasteiger partial charge in [0.25, 0.3) is 0 Å². The number of hydrogen-bond donors (Lipinski definition) is 0. The standard InChI is InChI=1S/C22H21N5OS/c1-13-6-17(7-14(2)28-13)27-21(9-16-11-29-12-25-16)26-20-10-24-19-5-4-15(23-3)8-18(19)22(20)27/h4-5,8,10-14,17H,6-7,9H2,1-2H3/t13-,14+,17?. The van der Waals surface area contributed by atoms with Crippen molar-refractivity contribution in [2.75, 3.05) is 0 Å². The number of ether oxygens (including phenoxy) is 1. The Morgan fingerprint density at radius 3 is 2.76 bits per heavy atom. The van der Waals surface area contributed by atoms with Gasteiger partial charge in [-0.25, -0.2) is 14.8 Å². The van der Waals surface area contributed by atoms with Crippen LogP contribution < -0.4 is 0 Å². The van der Waals surface area contributed by atoms with E-state index in [4.69, 9.17) is 16.3 Å². The first-order valence-electron chi connectivity index (χ1n) is 9.82. The summed E-state index contributed by atoms with van der Waals surface area (Å²) in [6.45, 7) is 11.7. The zero-order valence-corrected chi connectivity index (χ0v) is 17.2. The molecule has 1 fully saturated rings. The average molecular weight is 404 g/mol. The molecule has 6 nitrogen and oxygen atoms in total. The van der Waals surface area contributed by atoms with Crippen molar-refractivity contribution in [3.63, 3.8) is 0 Å². The van der Waals surface area contributed by atoms with E-state index in [0.717, 1.165) is 46.3 Å². The maximum absolute atomic E-state index is 7.42. The monoisotopic (exact) mass is 403 g/mol. The summed E-state index contributed by atoms with van der Waals surface area (Å²) in [5, 5.41) is 3.06. The van der Waals surface area contributed by atoms with Crippen LogP contribution in [0.4, 0.5) is 5.69 Å². The first-order valence-corrected chi connectivity index (χ1v) is 10.8. The predicted molar refractivity (Wildman–Crippen MR) is 114 cm³/mol. The Morgan fingerprint density at radius 2 is 2.03 bits per heavy atom. The van der Waals surface area contributed by atoms with Crippen LogP contribution in [0.5, 0.6) is 0 Å². The molecule has 4 heterocycles. The van der Waals surface area contributed by atoms with E-state index in [1.54, 1.807) is 11.3 Å². The van der Waals surface area contributed by atoms with Gasteiger partial charge in [0, 0.05) is 23.2 Å². The summed E-state index contributed by atoms with van der Waals surface area (Å²) in [5.41, 5.74) is 6.33. The summed E-state index contributed by atoms with van der Waals surface area (Å²) in [7, 11) is 0. The highest BCUT2D eigenvalue weighted by molar-refractivity contribution is 7.07. The van der Waals surface area contributed by atoms with Gasteiger partial charge in [-0.2, -0.15) is 0 Å². The third-order valence-corrected chi connectivity index (χ3v) is 6.20. The first-order chi connectivity index (χ1) is 14.1. The molecule has 3 atom stereocenters. The maximum Gasteiger partial charge on any atom is 0.188 e. The minimum Gasteiger partial charge on any atom is -0.375 e. The van der Waals surface area contributed by atoms with Crippen molar-refractivity contribution in [1.82, 2.24) is 19.5 Å². The average Bonchev–Trinajstić information content (AvgIpc) is 3.34. The number of rotatable bonds is 3. The van der Waals surface area contributed by atoms with Crippen LogP contribution in [-0.4, -0.2) is 31.7 Å². The number of hydrogen-bond acceptors (Lipinski definition) is 5. The van der Waals surface area contributed by atoms with Crippen LogP contribution in [0, 0.1) is 6.57 Å². The Balaban J connectivity index is 1.77. The molecular formula is C22H21N5OS. The Labute approximate surface area is 173 Å². The van der Waals surface area contributed by atoms with Gasteiger partial charge in [-0.05, 0) is 38.8 Å². The Kier molecular flexibility index (Phi) is 4.53. The topological polar surface area (TPSA) is 57.2 Å². The van der Waals surface area contributed by atoms with Crippen LogP contribution in [0.25, 0.3) is 26.8 Å². The summed E-state index contributed by atoms with van der Waals surface area (Å²) in [4.78, 5) is 17.7. The molecule has 5 rings (SSSR count). The molecule has 7 heteroatoms. The van der Waals surface area contributed by atoms with Crippen molar-refractivity contribution in [3.8, 4) is 0 Å². The van der Waals surface area contributed by atoms with E-state index in [1.807, 2.05) is 29.9 Å². The van der Waals surface area contributed by atoms with E-state index in [-0.39, 0.29) is 18.2 Å². The smallest absolute Gasteiger partial charge is 0.188 e. The molecule has 0 amide bonds. The fourth-order valence-corrected chi connectivity index (χ4v) is 5.03. The third-order valence-electron chi connectivity index (χ3n) is 5.56. The van der Waals surface area contributed by atoms with Gasteiger partial charge >= 0.3 is 0 Å². The van der Waals surface area contributed by atoms with Gasteiger partial charge in [-0.15, -0.1) is 11.3 Å². The quantitative estimate of drug-likeness (QED) is 0.435. The number of nitrogens with zero attached hydrogens (tertiary/aromatic N) is 5. The summed E-state index contributed by atoms with van der Waals surface area (Å²) >= 11 is 1.60. The molecule has 0 radical (unpaired) electrons. The van der Waals surface area contributed by atoms with E-state index < -0.39 is 0 Å². The zero-order valence-electron chi connectivity index (χ0n) is 16.4. The van der Waals surface area contributed by atoms with Crippen LogP contribution in [0.15, 0.2) is 35.3 Å². The Morgan fingerprint density at radius 1 is 1.21 bits per heavy atom. The van der Waals surface area contributed by atoms with E-state index >= 15 is 0 Å². The number of thiazole rings is 1. The minimum absolute atomic E-state index is 0.195. The van der Waals surface area contributed by atoms with Crippen molar-refractivity contribution < 1.29 is 4.74 Å². The molecule has 146 valence electrons. The van der Waals surface area contributed by atoms with Crippen molar-refractivity contribution in [3.05, 3.63) is 58.2 Å². The van der Waals surface area contributed by atoms with E-state index in [2.05, 4.69) is 38.6 Å². The second kappa shape index (κ2) is 7.21. The molecule has 29 heavy (non-hydrogen) atoms. The summed E-state index contributed by atoms with van der Waals surface area (Å²) in [6.07, 6.45) is 4.80. The van der Waals surface area contributed by atoms with Crippen LogP contribution in [0.2, 0.25) is 0 Å². The van der Waals surface area contributed by atoms with Crippen LogP contribution in [0.3, 0.4) is 0 Å². The highest BCUT2D eigenvalue weighted by Crippen LogP contribution is 2.36. The third kappa shape index (κ3) is 3.28. The Hall–Kier alpha value is -2.82. The molecule has 1 aliphatic rings. The van der Waals surface area contributed by atoms with Gasteiger partial charge in [-0.1, -0.05) is 6.07 Å². The number of fused-ring (bicyclic) bond motifs is 3. The second-order valence-corrected chi connectivity index (χ2v) is 8.46. The number of aromatic nitrogens is 4. The fraction of sp³-hybridized carbons (Fsp3) is 0.364. The largest absolute Gasteiger partial charge is 0.375 e. The molecule has 0 saturated carbocycles. The Bertz CT molecular complexity index is 1210. The summed E-state index contributed by atoms with van der Waals surface area (Å²) in [6, 6.07) is 5.97. The molecule has 0 spiro atoms. The van der Waals surface area contributed by atoms with Crippen molar-refractivity contribution in [1.29, 1.82) is 0 Å². The lowest BCUT2D eigenvalue weighted by Crippen LogP contribution is -2.31. The fourth-order valence-electron chi connectivity index (χ4n) is 4.47. The molecule has 3 aromatic heterocycles. The molecule has 1 saturated heterocycles. The van der Waals surface area contributed by atoms with Gasteiger partial charge < -0.3 is 9.30 Å². The number of pyridine rings is 1. The second-order valence-electron chi connectivity index (χ2n) is 7.74. The molecule has 0 N–H and O–H groups in total. The zero-order chi connectivity index (χ0) is 20.0. The van der Waals surface area contributed by atoms with E-state index in [0.29, 0.717) is 12.1 Å². The molecule has 0 bridgehead atoms. The van der Waals surface area contributed by atoms with Crippen molar-refractivity contribution in [2.45, 2.75) is 51.4 Å². The molecule has 1 aromatic carbocycles. The SMILES string of the molecule is [C-]#[N+]c1ccc2ncc3nc(Cc4cscn4)n(C4C[C@@H](C)O[C@@H](C)C4)c3c2c1. The van der Waals surface area contributed by atoms with Crippen LogP contribution in [-0.2, 0) is 11.2 Å². The van der Waals surface area contributed by atoms with E-state index in [1.165, 1.54) is 0 Å². The van der Waals surface area contributed by atoms with Crippen molar-refractivity contribution in [2.24, 2.45) is 0 Å². The highest BCUT2D eigenvalue weighted by atomic mass is 32.1. The van der Waals surface area contributed by atoms with E-state index in [9.17, 15) is 0 Å². The molecule has 4 aromatic rings. The lowest BCUT2D eigenvalue weighted by Gasteiger charge is -2.34. The van der Waals surface area contributed by atoms with Crippen molar-refractivity contribution >= 4 is 39.0 Å². The van der Waals surface area contributed by atoms with Crippen LogP contribution >= 0.6 is 11.3 Å². The molecule has 1 unspecified atom stereocenters. The van der Waals surface area contributed by atoms with Gasteiger partial charge in [0.1, 0.15) is 11.3 Å². The first kappa shape index (κ1) is 18.2. The lowest BCUT2D eigenvalue weighted by molar-refractivity contribution is -0.0484. The normalized spacial score (nSPS) is 22.2. The lowest BCUT2D eigenvalue weighted by atomic mass is 9.98.